The summed E-state index contributed by atoms with van der Waals surface area (Å²) in [6.45, 7) is 7.74. The molecular formula is C20H27ClN4O3. The van der Waals surface area contributed by atoms with Gasteiger partial charge in [-0.25, -0.2) is 0 Å². The van der Waals surface area contributed by atoms with Gasteiger partial charge in [-0.2, -0.15) is 0 Å². The number of hydrogen-bond acceptors (Lipinski definition) is 5. The Bertz CT molecular complexity index is 741. The van der Waals surface area contributed by atoms with Gasteiger partial charge in [-0.15, -0.1) is 0 Å². The van der Waals surface area contributed by atoms with Crippen LogP contribution in [0.15, 0.2) is 24.8 Å². The highest BCUT2D eigenvalue weighted by atomic mass is 35.5. The van der Waals surface area contributed by atoms with Crippen molar-refractivity contribution in [2.75, 3.05) is 63.1 Å². The highest BCUT2D eigenvalue weighted by Crippen LogP contribution is 2.37. The molecule has 2 aliphatic rings. The van der Waals surface area contributed by atoms with Crippen molar-refractivity contribution in [1.82, 2.24) is 9.80 Å². The molecule has 28 heavy (non-hydrogen) atoms. The molecule has 152 valence electrons. The number of hydrogen-bond donors (Lipinski definition) is 1. The first-order valence-corrected chi connectivity index (χ1v) is 9.96. The van der Waals surface area contributed by atoms with E-state index in [1.54, 1.807) is 23.0 Å². The molecular weight excluding hydrogens is 380 g/mol. The molecule has 2 aliphatic heterocycles. The van der Waals surface area contributed by atoms with E-state index in [9.17, 15) is 9.59 Å². The zero-order chi connectivity index (χ0) is 20.1. The number of piperazine rings is 1. The number of carbonyl (C=O) groups is 2. The second-order valence-corrected chi connectivity index (χ2v) is 7.37. The van der Waals surface area contributed by atoms with Crippen molar-refractivity contribution in [2.24, 2.45) is 0 Å². The van der Waals surface area contributed by atoms with E-state index in [0.717, 1.165) is 37.3 Å². The Morgan fingerprint density at radius 3 is 2.39 bits per heavy atom. The molecule has 1 aromatic carbocycles. The molecule has 0 aliphatic carbocycles. The summed E-state index contributed by atoms with van der Waals surface area (Å²) in [5.41, 5.74) is 1.72. The highest BCUT2D eigenvalue weighted by Gasteiger charge is 2.23. The Hall–Kier alpha value is -2.41. The number of methoxy groups -OCH3 is 1. The number of halogens is 1. The molecule has 0 saturated carbocycles. The minimum Gasteiger partial charge on any atom is -0.495 e. The first-order chi connectivity index (χ1) is 13.5. The minimum atomic E-state index is -0.0921. The van der Waals surface area contributed by atoms with Gasteiger partial charge in [0.05, 0.1) is 30.1 Å². The van der Waals surface area contributed by atoms with Crippen LogP contribution in [0.5, 0.6) is 5.75 Å². The van der Waals surface area contributed by atoms with Crippen LogP contribution in [0.3, 0.4) is 0 Å². The molecule has 2 fully saturated rings. The first-order valence-electron chi connectivity index (χ1n) is 9.59. The van der Waals surface area contributed by atoms with E-state index in [4.69, 9.17) is 16.3 Å². The van der Waals surface area contributed by atoms with Crippen LogP contribution in [0.25, 0.3) is 0 Å². The normalized spacial score (nSPS) is 16.9. The molecule has 0 bridgehead atoms. The SMILES string of the molecule is C=CC(=O)N1CCN(C(=O)CNc2cc(N3CCCC3)c(Cl)cc2OC)CC1. The fourth-order valence-electron chi connectivity index (χ4n) is 3.64. The van der Waals surface area contributed by atoms with E-state index in [-0.39, 0.29) is 18.4 Å². The lowest BCUT2D eigenvalue weighted by Gasteiger charge is -2.34. The number of ether oxygens (including phenoxy) is 1. The Labute approximate surface area is 170 Å². The number of benzene rings is 1. The maximum atomic E-state index is 12.6. The smallest absolute Gasteiger partial charge is 0.246 e. The molecule has 0 unspecified atom stereocenters. The molecule has 3 rings (SSSR count). The van der Waals surface area contributed by atoms with Gasteiger partial charge in [0.15, 0.2) is 0 Å². The molecule has 0 aromatic heterocycles. The van der Waals surface area contributed by atoms with Crippen LogP contribution in [0.4, 0.5) is 11.4 Å². The zero-order valence-corrected chi connectivity index (χ0v) is 17.0. The van der Waals surface area contributed by atoms with Crippen molar-refractivity contribution < 1.29 is 14.3 Å². The lowest BCUT2D eigenvalue weighted by molar-refractivity contribution is -0.135. The first kappa shape index (κ1) is 20.3. The van der Waals surface area contributed by atoms with Crippen molar-refractivity contribution in [3.05, 3.63) is 29.8 Å². The predicted octanol–water partition coefficient (Wildman–Crippen LogP) is 2.22. The molecule has 0 spiro atoms. The summed E-state index contributed by atoms with van der Waals surface area (Å²) in [6, 6.07) is 3.75. The summed E-state index contributed by atoms with van der Waals surface area (Å²) in [7, 11) is 1.59. The predicted molar refractivity (Wildman–Crippen MR) is 111 cm³/mol. The average molecular weight is 407 g/mol. The van der Waals surface area contributed by atoms with Crippen LogP contribution >= 0.6 is 11.6 Å². The van der Waals surface area contributed by atoms with Crippen molar-refractivity contribution in [1.29, 1.82) is 0 Å². The van der Waals surface area contributed by atoms with Gasteiger partial charge >= 0.3 is 0 Å². The molecule has 0 atom stereocenters. The van der Waals surface area contributed by atoms with Gasteiger partial charge in [-0.05, 0) is 25.0 Å². The fourth-order valence-corrected chi connectivity index (χ4v) is 3.91. The van der Waals surface area contributed by atoms with Crippen LogP contribution < -0.4 is 15.0 Å². The molecule has 2 amide bonds. The Balaban J connectivity index is 1.62. The van der Waals surface area contributed by atoms with Crippen LogP contribution in [0, 0.1) is 0 Å². The summed E-state index contributed by atoms with van der Waals surface area (Å²) in [4.78, 5) is 30.0. The lowest BCUT2D eigenvalue weighted by atomic mass is 10.2. The number of nitrogens with zero attached hydrogens (tertiary/aromatic N) is 3. The van der Waals surface area contributed by atoms with Crippen molar-refractivity contribution in [3.63, 3.8) is 0 Å². The quantitative estimate of drug-likeness (QED) is 0.734. The summed E-state index contributed by atoms with van der Waals surface area (Å²) in [5, 5.41) is 3.85. The molecule has 7 nitrogen and oxygen atoms in total. The molecule has 1 N–H and O–H groups in total. The topological polar surface area (TPSA) is 65.1 Å². The monoisotopic (exact) mass is 406 g/mol. The second kappa shape index (κ2) is 9.19. The number of anilines is 2. The fraction of sp³-hybridized carbons (Fsp3) is 0.500. The van der Waals surface area contributed by atoms with Gasteiger partial charge in [0.1, 0.15) is 5.75 Å². The zero-order valence-electron chi connectivity index (χ0n) is 16.2. The van der Waals surface area contributed by atoms with Crippen LogP contribution in [-0.2, 0) is 9.59 Å². The molecule has 8 heteroatoms. The van der Waals surface area contributed by atoms with Crippen molar-refractivity contribution in [2.45, 2.75) is 12.8 Å². The largest absolute Gasteiger partial charge is 0.495 e. The highest BCUT2D eigenvalue weighted by molar-refractivity contribution is 6.33. The maximum absolute atomic E-state index is 12.6. The van der Waals surface area contributed by atoms with E-state index in [0.29, 0.717) is 37.0 Å². The molecule has 2 saturated heterocycles. The summed E-state index contributed by atoms with van der Waals surface area (Å²) in [5.74, 6) is 0.512. The van der Waals surface area contributed by atoms with E-state index in [1.807, 2.05) is 6.07 Å². The maximum Gasteiger partial charge on any atom is 0.246 e. The Morgan fingerprint density at radius 1 is 1.14 bits per heavy atom. The molecule has 0 radical (unpaired) electrons. The third-order valence-corrected chi connectivity index (χ3v) is 5.57. The van der Waals surface area contributed by atoms with E-state index < -0.39 is 0 Å². The Morgan fingerprint density at radius 2 is 1.79 bits per heavy atom. The number of rotatable bonds is 6. The minimum absolute atomic E-state index is 0.00886. The Kier molecular flexibility index (Phi) is 6.67. The number of carbonyl (C=O) groups excluding carboxylic acids is 2. The third-order valence-electron chi connectivity index (χ3n) is 5.26. The van der Waals surface area contributed by atoms with Crippen molar-refractivity contribution in [3.8, 4) is 5.75 Å². The van der Waals surface area contributed by atoms with Gasteiger partial charge in [0.25, 0.3) is 0 Å². The van der Waals surface area contributed by atoms with Gasteiger partial charge in [-0.3, -0.25) is 9.59 Å². The summed E-state index contributed by atoms with van der Waals surface area (Å²) >= 11 is 6.43. The summed E-state index contributed by atoms with van der Waals surface area (Å²) in [6.07, 6.45) is 3.62. The van der Waals surface area contributed by atoms with Crippen LogP contribution in [0.2, 0.25) is 5.02 Å². The molecule has 1 aromatic rings. The van der Waals surface area contributed by atoms with E-state index >= 15 is 0 Å². The molecule has 2 heterocycles. The second-order valence-electron chi connectivity index (χ2n) is 6.96. The van der Waals surface area contributed by atoms with Crippen molar-refractivity contribution >= 4 is 34.8 Å². The third kappa shape index (κ3) is 4.52. The number of amides is 2. The summed E-state index contributed by atoms with van der Waals surface area (Å²) < 4.78 is 5.43. The van der Waals surface area contributed by atoms with Gasteiger partial charge < -0.3 is 24.8 Å². The van der Waals surface area contributed by atoms with Gasteiger partial charge in [0, 0.05) is 45.3 Å². The van der Waals surface area contributed by atoms with E-state index in [1.165, 1.54) is 6.08 Å². The lowest BCUT2D eigenvalue weighted by Crippen LogP contribution is -2.51. The van der Waals surface area contributed by atoms with E-state index in [2.05, 4.69) is 16.8 Å². The number of nitrogens with one attached hydrogen (secondary N) is 1. The standard InChI is InChI=1S/C20H27ClN4O3/c1-3-19(26)24-8-10-25(11-9-24)20(27)14-22-16-13-17(23-6-4-5-7-23)15(21)12-18(16)28-2/h3,12-13,22H,1,4-11,14H2,2H3. The van der Waals surface area contributed by atoms with Crippen LogP contribution in [-0.4, -0.2) is 74.5 Å². The average Bonchev–Trinajstić information content (AvgIpc) is 3.26. The van der Waals surface area contributed by atoms with Crippen LogP contribution in [0.1, 0.15) is 12.8 Å². The van der Waals surface area contributed by atoms with Gasteiger partial charge in [0.2, 0.25) is 11.8 Å². The van der Waals surface area contributed by atoms with Gasteiger partial charge in [-0.1, -0.05) is 18.2 Å².